The fourth-order valence-corrected chi connectivity index (χ4v) is 2.72. The van der Waals surface area contributed by atoms with E-state index in [-0.39, 0.29) is 17.3 Å². The Hall–Kier alpha value is -2.02. The maximum absolute atomic E-state index is 13.9. The summed E-state index contributed by atoms with van der Waals surface area (Å²) in [5.41, 5.74) is -0.540. The molecule has 22 heavy (non-hydrogen) atoms. The monoisotopic (exact) mass is 310 g/mol. The Balaban J connectivity index is 2.08. The fourth-order valence-electron chi connectivity index (χ4n) is 2.72. The standard InChI is InChI=1S/C15H19FN2O4/c1-2-14(10-5-7-22-8-6-10)17-15(19)12-4-3-11(18(20)21)9-13(12)16/h3-4,9-10,14H,2,5-8H2,1H3,(H,17,19)/t14-/m1/s1. The van der Waals surface area contributed by atoms with Gasteiger partial charge in [0.1, 0.15) is 5.82 Å². The largest absolute Gasteiger partial charge is 0.381 e. The summed E-state index contributed by atoms with van der Waals surface area (Å²) in [6.07, 6.45) is 2.47. The van der Waals surface area contributed by atoms with E-state index in [0.29, 0.717) is 19.1 Å². The molecule has 0 aromatic heterocycles. The lowest BCUT2D eigenvalue weighted by atomic mass is 9.90. The number of nitro benzene ring substituents is 1. The molecular weight excluding hydrogens is 291 g/mol. The van der Waals surface area contributed by atoms with Gasteiger partial charge in [0.05, 0.1) is 16.6 Å². The van der Waals surface area contributed by atoms with Gasteiger partial charge in [0.2, 0.25) is 0 Å². The highest BCUT2D eigenvalue weighted by Crippen LogP contribution is 2.22. The van der Waals surface area contributed by atoms with E-state index in [0.717, 1.165) is 37.5 Å². The first-order valence-corrected chi connectivity index (χ1v) is 7.35. The van der Waals surface area contributed by atoms with Crippen molar-refractivity contribution in [1.29, 1.82) is 0 Å². The lowest BCUT2D eigenvalue weighted by Gasteiger charge is -2.30. The zero-order chi connectivity index (χ0) is 16.1. The average Bonchev–Trinajstić information content (AvgIpc) is 2.53. The summed E-state index contributed by atoms with van der Waals surface area (Å²) in [6, 6.07) is 3.00. The van der Waals surface area contributed by atoms with Gasteiger partial charge in [-0.25, -0.2) is 4.39 Å². The minimum Gasteiger partial charge on any atom is -0.381 e. The number of hydrogen-bond donors (Lipinski definition) is 1. The van der Waals surface area contributed by atoms with Gasteiger partial charge in [0.15, 0.2) is 0 Å². The van der Waals surface area contributed by atoms with Crippen LogP contribution < -0.4 is 5.32 Å². The fraction of sp³-hybridized carbons (Fsp3) is 0.533. The van der Waals surface area contributed by atoms with Crippen LogP contribution in [0.1, 0.15) is 36.5 Å². The van der Waals surface area contributed by atoms with Crippen LogP contribution in [0.25, 0.3) is 0 Å². The molecule has 1 atom stereocenters. The molecule has 0 unspecified atom stereocenters. The van der Waals surface area contributed by atoms with Gasteiger partial charge >= 0.3 is 0 Å². The number of carbonyl (C=O) groups is 1. The van der Waals surface area contributed by atoms with Gasteiger partial charge in [0, 0.05) is 25.3 Å². The maximum Gasteiger partial charge on any atom is 0.272 e. The van der Waals surface area contributed by atoms with Crippen molar-refractivity contribution in [2.45, 2.75) is 32.2 Å². The number of rotatable bonds is 5. The molecule has 0 saturated carbocycles. The highest BCUT2D eigenvalue weighted by molar-refractivity contribution is 5.94. The summed E-state index contributed by atoms with van der Waals surface area (Å²) in [5, 5.41) is 13.4. The first-order valence-electron chi connectivity index (χ1n) is 7.35. The van der Waals surface area contributed by atoms with Crippen molar-refractivity contribution in [3.8, 4) is 0 Å². The van der Waals surface area contributed by atoms with Crippen molar-refractivity contribution >= 4 is 11.6 Å². The number of nitrogens with zero attached hydrogens (tertiary/aromatic N) is 1. The molecule has 7 heteroatoms. The van der Waals surface area contributed by atoms with E-state index < -0.39 is 16.6 Å². The van der Waals surface area contributed by atoms with E-state index in [1.165, 1.54) is 0 Å². The average molecular weight is 310 g/mol. The minimum absolute atomic E-state index is 0.0500. The van der Waals surface area contributed by atoms with Crippen LogP contribution in [0.5, 0.6) is 0 Å². The van der Waals surface area contributed by atoms with E-state index in [9.17, 15) is 19.3 Å². The number of ether oxygens (including phenoxy) is 1. The van der Waals surface area contributed by atoms with E-state index >= 15 is 0 Å². The topological polar surface area (TPSA) is 81.5 Å². The van der Waals surface area contributed by atoms with Crippen molar-refractivity contribution in [2.24, 2.45) is 5.92 Å². The second kappa shape index (κ2) is 7.31. The molecule has 1 amide bonds. The Bertz CT molecular complexity index is 558. The van der Waals surface area contributed by atoms with Crippen LogP contribution in [0.2, 0.25) is 0 Å². The summed E-state index contributed by atoms with van der Waals surface area (Å²) >= 11 is 0. The molecule has 1 fully saturated rings. The summed E-state index contributed by atoms with van der Waals surface area (Å²) in [7, 11) is 0. The zero-order valence-electron chi connectivity index (χ0n) is 12.4. The third-order valence-corrected chi connectivity index (χ3v) is 4.00. The Morgan fingerprint density at radius 3 is 2.73 bits per heavy atom. The summed E-state index contributed by atoms with van der Waals surface area (Å²) in [6.45, 7) is 3.30. The van der Waals surface area contributed by atoms with Crippen LogP contribution in [0.3, 0.4) is 0 Å². The number of nitrogens with one attached hydrogen (secondary N) is 1. The molecule has 1 aliphatic rings. The van der Waals surface area contributed by atoms with Crippen LogP contribution in [-0.4, -0.2) is 30.1 Å². The SMILES string of the molecule is CC[C@@H](NC(=O)c1ccc([N+](=O)[O-])cc1F)C1CCOCC1. The van der Waals surface area contributed by atoms with E-state index in [1.54, 1.807) is 0 Å². The van der Waals surface area contributed by atoms with Crippen molar-refractivity contribution in [3.63, 3.8) is 0 Å². The summed E-state index contributed by atoms with van der Waals surface area (Å²) < 4.78 is 19.2. The van der Waals surface area contributed by atoms with Crippen LogP contribution in [-0.2, 0) is 4.74 Å². The summed E-state index contributed by atoms with van der Waals surface area (Å²) in [4.78, 5) is 22.1. The van der Waals surface area contributed by atoms with Crippen molar-refractivity contribution in [3.05, 3.63) is 39.7 Å². The molecule has 0 radical (unpaired) electrons. The van der Waals surface area contributed by atoms with Gasteiger partial charge in [-0.3, -0.25) is 14.9 Å². The Morgan fingerprint density at radius 2 is 2.18 bits per heavy atom. The third kappa shape index (κ3) is 3.79. The molecule has 0 aliphatic carbocycles. The van der Waals surface area contributed by atoms with E-state index in [2.05, 4.69) is 5.32 Å². The van der Waals surface area contributed by atoms with Gasteiger partial charge in [-0.1, -0.05) is 6.92 Å². The van der Waals surface area contributed by atoms with Gasteiger partial charge in [-0.2, -0.15) is 0 Å². The van der Waals surface area contributed by atoms with E-state index in [4.69, 9.17) is 4.74 Å². The van der Waals surface area contributed by atoms with Crippen molar-refractivity contribution < 1.29 is 18.8 Å². The molecule has 1 heterocycles. The number of nitro groups is 1. The number of non-ortho nitro benzene ring substituents is 1. The molecule has 6 nitrogen and oxygen atoms in total. The molecule has 1 aliphatic heterocycles. The molecule has 1 aromatic carbocycles. The first-order chi connectivity index (χ1) is 10.5. The van der Waals surface area contributed by atoms with Gasteiger partial charge in [-0.15, -0.1) is 0 Å². The second-order valence-corrected chi connectivity index (χ2v) is 5.36. The molecular formula is C15H19FN2O4. The first kappa shape index (κ1) is 16.4. The predicted octanol–water partition coefficient (Wildman–Crippen LogP) is 2.67. The van der Waals surface area contributed by atoms with Crippen LogP contribution in [0, 0.1) is 21.8 Å². The van der Waals surface area contributed by atoms with Crippen LogP contribution >= 0.6 is 0 Å². The summed E-state index contributed by atoms with van der Waals surface area (Å²) in [5.74, 6) is -1.11. The molecule has 1 aromatic rings. The smallest absolute Gasteiger partial charge is 0.272 e. The predicted molar refractivity (Wildman–Crippen MR) is 78.1 cm³/mol. The molecule has 2 rings (SSSR count). The highest BCUT2D eigenvalue weighted by Gasteiger charge is 2.25. The van der Waals surface area contributed by atoms with Gasteiger partial charge in [0.25, 0.3) is 11.6 Å². The Kier molecular flexibility index (Phi) is 5.43. The number of hydrogen-bond acceptors (Lipinski definition) is 4. The Labute approximate surface area is 127 Å². The molecule has 0 bridgehead atoms. The maximum atomic E-state index is 13.9. The molecule has 120 valence electrons. The third-order valence-electron chi connectivity index (χ3n) is 4.00. The number of halogens is 1. The van der Waals surface area contributed by atoms with Crippen LogP contribution in [0.4, 0.5) is 10.1 Å². The van der Waals surface area contributed by atoms with Gasteiger partial charge < -0.3 is 10.1 Å². The normalized spacial score (nSPS) is 17.0. The molecule has 0 spiro atoms. The van der Waals surface area contributed by atoms with E-state index in [1.807, 2.05) is 6.92 Å². The number of amides is 1. The number of benzene rings is 1. The number of carbonyl (C=O) groups excluding carboxylic acids is 1. The Morgan fingerprint density at radius 1 is 1.50 bits per heavy atom. The zero-order valence-corrected chi connectivity index (χ0v) is 12.4. The minimum atomic E-state index is -0.881. The van der Waals surface area contributed by atoms with Crippen molar-refractivity contribution in [2.75, 3.05) is 13.2 Å². The highest BCUT2D eigenvalue weighted by atomic mass is 19.1. The lowest BCUT2D eigenvalue weighted by molar-refractivity contribution is -0.385. The van der Waals surface area contributed by atoms with Gasteiger partial charge in [-0.05, 0) is 31.2 Å². The lowest BCUT2D eigenvalue weighted by Crippen LogP contribution is -2.42. The van der Waals surface area contributed by atoms with Crippen molar-refractivity contribution in [1.82, 2.24) is 5.32 Å². The van der Waals surface area contributed by atoms with Crippen LogP contribution in [0.15, 0.2) is 18.2 Å². The molecule has 1 N–H and O–H groups in total. The quantitative estimate of drug-likeness (QED) is 0.669. The second-order valence-electron chi connectivity index (χ2n) is 5.36. The molecule has 1 saturated heterocycles.